The van der Waals surface area contributed by atoms with E-state index in [0.717, 1.165) is 12.0 Å². The number of allylic oxidation sites excluding steroid dienone is 2. The summed E-state index contributed by atoms with van der Waals surface area (Å²) >= 11 is 0. The van der Waals surface area contributed by atoms with E-state index in [2.05, 4.69) is 6.92 Å². The van der Waals surface area contributed by atoms with Crippen LogP contribution in [0.5, 0.6) is 0 Å². The van der Waals surface area contributed by atoms with Gasteiger partial charge >= 0.3 is 18.1 Å². The lowest BCUT2D eigenvalue weighted by Gasteiger charge is -2.45. The van der Waals surface area contributed by atoms with Crippen LogP contribution in [0.2, 0.25) is 0 Å². The molecule has 2 aliphatic heterocycles. The van der Waals surface area contributed by atoms with E-state index in [4.69, 9.17) is 23.7 Å². The normalized spacial score (nSPS) is 19.0. The third-order valence-electron chi connectivity index (χ3n) is 9.63. The summed E-state index contributed by atoms with van der Waals surface area (Å²) in [4.78, 5) is 77.8. The molecule has 2 unspecified atom stereocenters. The third kappa shape index (κ3) is 34.5. The second-order valence-corrected chi connectivity index (χ2v) is 19.8. The van der Waals surface area contributed by atoms with Crippen molar-refractivity contribution in [3.63, 3.8) is 0 Å². The molecule has 1 saturated heterocycles. The molecule has 5 atom stereocenters. The second kappa shape index (κ2) is 34.5. The first-order valence-electron chi connectivity index (χ1n) is 23.0. The van der Waals surface area contributed by atoms with Crippen LogP contribution in [0.1, 0.15) is 166 Å². The molecule has 0 spiro atoms. The van der Waals surface area contributed by atoms with Gasteiger partial charge in [0.05, 0.1) is 24.9 Å². The fourth-order valence-corrected chi connectivity index (χ4v) is 5.18. The Morgan fingerprint density at radius 1 is 0.703 bits per heavy atom. The standard InChI is InChI=1S/C15H26O5.C10H15NO.C8H16O3.C8H16O.2C5H10O/c1-8(2)14-15(19-12(6)17)10(4)9(3)13(20-14)7-18-11(5)16;1-8(2)10(12)9-5-4-6-11(3)7-9;1-6(2)5-10-8(9)11-7(3)4;1-6(2)7(9)8(3,4)5;2*1-4(2)5(3)6/h8-10,13-15H,7H2,1-6H3;4,6-8H,5H2,1-3H3;6-7H,5H2,1-4H3;6H,1-5H3;2*4H,1-3H3/t9-,10-,13?,14-,15?;;;;;/m0...../s1. The summed E-state index contributed by atoms with van der Waals surface area (Å²) in [6, 6.07) is 0. The van der Waals surface area contributed by atoms with Crippen molar-refractivity contribution in [2.45, 2.75) is 190 Å². The Morgan fingerprint density at radius 3 is 1.47 bits per heavy atom. The van der Waals surface area contributed by atoms with E-state index in [1.54, 1.807) is 27.7 Å². The van der Waals surface area contributed by atoms with Crippen LogP contribution in [0.3, 0.4) is 0 Å². The number of ether oxygens (including phenoxy) is 5. The lowest BCUT2D eigenvalue weighted by Crippen LogP contribution is -2.54. The van der Waals surface area contributed by atoms with E-state index in [-0.39, 0.29) is 107 Å². The molecule has 0 radical (unpaired) electrons. The largest absolute Gasteiger partial charge is 0.508 e. The molecule has 2 rings (SSSR count). The van der Waals surface area contributed by atoms with E-state index in [0.29, 0.717) is 18.3 Å². The van der Waals surface area contributed by atoms with Crippen molar-refractivity contribution < 1.29 is 57.2 Å². The highest BCUT2D eigenvalue weighted by molar-refractivity contribution is 5.97. The zero-order valence-electron chi connectivity index (χ0n) is 44.6. The number of esters is 2. The van der Waals surface area contributed by atoms with E-state index in [1.807, 2.05) is 141 Å². The summed E-state index contributed by atoms with van der Waals surface area (Å²) < 4.78 is 26.1. The van der Waals surface area contributed by atoms with E-state index < -0.39 is 6.16 Å². The second-order valence-electron chi connectivity index (χ2n) is 19.8. The fraction of sp³-hybridized carbons (Fsp3) is 0.784. The average Bonchev–Trinajstić information content (AvgIpc) is 3.15. The summed E-state index contributed by atoms with van der Waals surface area (Å²) in [6.45, 7) is 43.5. The quantitative estimate of drug-likeness (QED) is 0.134. The van der Waals surface area contributed by atoms with Crippen molar-refractivity contribution in [1.82, 2.24) is 4.90 Å². The summed E-state index contributed by atoms with van der Waals surface area (Å²) in [7, 11) is 1.93. The van der Waals surface area contributed by atoms with E-state index >= 15 is 0 Å². The number of Topliss-reactive ketones (excluding diaryl/α,β-unsaturated/α-hetero) is 4. The van der Waals surface area contributed by atoms with Crippen LogP contribution in [0.25, 0.3) is 0 Å². The number of hydrogen-bond acceptors (Lipinski definition) is 13. The first-order valence-corrected chi connectivity index (χ1v) is 23.0. The number of carbonyl (C=O) groups excluding carboxylic acids is 7. The van der Waals surface area contributed by atoms with Gasteiger partial charge in [-0.15, -0.1) is 0 Å². The molecule has 0 N–H and O–H groups in total. The lowest BCUT2D eigenvalue weighted by atomic mass is 9.79. The maximum atomic E-state index is 11.5. The van der Waals surface area contributed by atoms with Gasteiger partial charge in [-0.1, -0.05) is 124 Å². The maximum absolute atomic E-state index is 11.5. The zero-order chi connectivity index (χ0) is 51.4. The van der Waals surface area contributed by atoms with Crippen molar-refractivity contribution in [3.8, 4) is 0 Å². The Bertz CT molecular complexity index is 1430. The number of nitrogens with zero attached hydrogens (tertiary/aromatic N) is 1. The summed E-state index contributed by atoms with van der Waals surface area (Å²) in [5.41, 5.74) is 0.753. The molecule has 2 aliphatic rings. The Hall–Kier alpha value is -3.87. The minimum Gasteiger partial charge on any atom is -0.463 e. The SMILES string of the molecule is CC(=O)C(C)C.CC(=O)C(C)C.CC(=O)OCC1O[C@@H](C(C)C)C(OC(C)=O)[C@@H](C)[C@@H]1C.CC(C)C(=O)C(C)(C)C.CC(C)C(=O)C1=CN(C)C=CC1.CC(C)COC(=O)OC(C)C. The van der Waals surface area contributed by atoms with Crippen LogP contribution in [0.4, 0.5) is 4.79 Å². The van der Waals surface area contributed by atoms with Crippen molar-refractivity contribution in [3.05, 3.63) is 24.0 Å². The number of hydrogen-bond donors (Lipinski definition) is 0. The minimum absolute atomic E-state index is 0.102. The molecule has 64 heavy (non-hydrogen) atoms. The first-order chi connectivity index (χ1) is 29.0. The maximum Gasteiger partial charge on any atom is 0.508 e. The molecule has 2 heterocycles. The molecule has 0 aliphatic carbocycles. The van der Waals surface area contributed by atoms with Gasteiger partial charge in [-0.05, 0) is 58.1 Å². The van der Waals surface area contributed by atoms with Gasteiger partial charge < -0.3 is 28.6 Å². The minimum atomic E-state index is -0.575. The highest BCUT2D eigenvalue weighted by atomic mass is 16.7. The highest BCUT2D eigenvalue weighted by Crippen LogP contribution is 2.35. The Kier molecular flexibility index (Phi) is 35.9. The van der Waals surface area contributed by atoms with Gasteiger partial charge in [0.2, 0.25) is 0 Å². The molecule has 0 aromatic heterocycles. The molecule has 374 valence electrons. The predicted molar refractivity (Wildman–Crippen MR) is 256 cm³/mol. The van der Waals surface area contributed by atoms with Crippen molar-refractivity contribution in [2.24, 2.45) is 52.8 Å². The van der Waals surface area contributed by atoms with Gasteiger partial charge in [-0.3, -0.25) is 28.8 Å². The van der Waals surface area contributed by atoms with Crippen LogP contribution < -0.4 is 0 Å². The molecular formula is C51H93NO12. The fourth-order valence-electron chi connectivity index (χ4n) is 5.18. The predicted octanol–water partition coefficient (Wildman–Crippen LogP) is 11.0. The first kappa shape index (κ1) is 66.7. The zero-order valence-corrected chi connectivity index (χ0v) is 44.6. The van der Waals surface area contributed by atoms with E-state index in [1.165, 1.54) is 13.8 Å². The summed E-state index contributed by atoms with van der Waals surface area (Å²) in [5, 5.41) is 0. The Labute approximate surface area is 389 Å². The lowest BCUT2D eigenvalue weighted by molar-refractivity contribution is -0.212. The van der Waals surface area contributed by atoms with Gasteiger partial charge in [-0.2, -0.15) is 0 Å². The third-order valence-corrected chi connectivity index (χ3v) is 9.63. The molecule has 0 aromatic rings. The highest BCUT2D eigenvalue weighted by Gasteiger charge is 2.44. The topological polar surface area (TPSA) is 169 Å². The summed E-state index contributed by atoms with van der Waals surface area (Å²) in [6.07, 6.45) is 5.40. The van der Waals surface area contributed by atoms with E-state index in [9.17, 15) is 33.6 Å². The molecule has 0 saturated carbocycles. The monoisotopic (exact) mass is 912 g/mol. The number of ketones is 4. The molecule has 0 aromatic carbocycles. The van der Waals surface area contributed by atoms with Crippen molar-refractivity contribution >= 4 is 41.2 Å². The van der Waals surface area contributed by atoms with Crippen molar-refractivity contribution in [1.29, 1.82) is 0 Å². The van der Waals surface area contributed by atoms with Crippen LogP contribution in [0, 0.1) is 52.8 Å². The Morgan fingerprint density at radius 2 is 1.17 bits per heavy atom. The van der Waals surface area contributed by atoms with Gasteiger partial charge in [-0.25, -0.2) is 4.79 Å². The number of carbonyl (C=O) groups is 7. The number of rotatable bonds is 12. The van der Waals surface area contributed by atoms with Crippen LogP contribution in [-0.4, -0.2) is 90.8 Å². The molecule has 0 bridgehead atoms. The van der Waals surface area contributed by atoms with Crippen LogP contribution >= 0.6 is 0 Å². The molecular weight excluding hydrogens is 819 g/mol. The van der Waals surface area contributed by atoms with Crippen LogP contribution in [0.15, 0.2) is 24.0 Å². The van der Waals surface area contributed by atoms with Crippen molar-refractivity contribution in [2.75, 3.05) is 20.3 Å². The average molecular weight is 912 g/mol. The molecule has 0 amide bonds. The Balaban J connectivity index is -0.000000358. The summed E-state index contributed by atoms with van der Waals surface area (Å²) in [5.74, 6) is 2.09. The molecule has 13 nitrogen and oxygen atoms in total. The van der Waals surface area contributed by atoms with Gasteiger partial charge in [0.1, 0.15) is 30.1 Å². The molecule has 1 fully saturated rings. The smallest absolute Gasteiger partial charge is 0.463 e. The van der Waals surface area contributed by atoms with Crippen LogP contribution in [-0.2, 0) is 52.5 Å². The van der Waals surface area contributed by atoms with Gasteiger partial charge in [0, 0.05) is 67.7 Å². The van der Waals surface area contributed by atoms with Gasteiger partial charge in [0.15, 0.2) is 5.78 Å². The molecule has 13 heteroatoms. The van der Waals surface area contributed by atoms with Gasteiger partial charge in [0.25, 0.3) is 0 Å².